The summed E-state index contributed by atoms with van der Waals surface area (Å²) in [7, 11) is 0. The van der Waals surface area contributed by atoms with Crippen LogP contribution in [0.2, 0.25) is 0 Å². The van der Waals surface area contributed by atoms with E-state index < -0.39 is 64.9 Å². The van der Waals surface area contributed by atoms with E-state index >= 15 is 4.39 Å². The van der Waals surface area contributed by atoms with E-state index in [1.807, 2.05) is 0 Å². The number of anilines is 1. The van der Waals surface area contributed by atoms with E-state index in [9.17, 15) is 38.7 Å². The molecular formula is C54H68BrFN8O14. The van der Waals surface area contributed by atoms with Gasteiger partial charge in [-0.05, 0) is 99.4 Å². The summed E-state index contributed by atoms with van der Waals surface area (Å²) in [5.41, 5.74) is 8.17. The Morgan fingerprint density at radius 2 is 1.62 bits per heavy atom. The molecule has 0 saturated carbocycles. The molecule has 2 aliphatic heterocycles. The highest BCUT2D eigenvalue weighted by Crippen LogP contribution is 2.46. The number of aromatic nitrogens is 2. The number of nitrogens with zero attached hydrogens (tertiary/aromatic N) is 2. The van der Waals surface area contributed by atoms with Gasteiger partial charge in [-0.2, -0.15) is 0 Å². The van der Waals surface area contributed by atoms with Crippen LogP contribution in [0.4, 0.5) is 14.9 Å². The summed E-state index contributed by atoms with van der Waals surface area (Å²) in [5, 5.41) is 26.2. The Balaban J connectivity index is 0.872. The van der Waals surface area contributed by atoms with E-state index in [1.54, 1.807) is 44.2 Å². The summed E-state index contributed by atoms with van der Waals surface area (Å²) in [4.78, 5) is 95.8. The number of alkyl halides is 1. The number of carbonyl (C=O) groups excluding carboxylic acids is 6. The fourth-order valence-corrected chi connectivity index (χ4v) is 9.82. The van der Waals surface area contributed by atoms with Crippen LogP contribution >= 0.6 is 15.9 Å². The number of alkyl carbamates (subject to hydrolysis) is 1. The van der Waals surface area contributed by atoms with Crippen LogP contribution in [0, 0.1) is 12.7 Å². The first-order chi connectivity index (χ1) is 37.6. The van der Waals surface area contributed by atoms with Crippen molar-refractivity contribution in [1.29, 1.82) is 0 Å². The van der Waals surface area contributed by atoms with Crippen molar-refractivity contribution in [2.45, 2.75) is 109 Å². The molecule has 24 heteroatoms. The molecule has 5 amide bonds. The Hall–Kier alpha value is -6.41. The second-order valence-electron chi connectivity index (χ2n) is 19.1. The average Bonchev–Trinajstić information content (AvgIpc) is 3.88. The number of cyclic esters (lactones) is 1. The highest BCUT2D eigenvalue weighted by atomic mass is 79.9. The van der Waals surface area contributed by atoms with E-state index in [0.29, 0.717) is 129 Å². The van der Waals surface area contributed by atoms with Gasteiger partial charge in [0.05, 0.1) is 93.2 Å². The molecule has 0 radical (unpaired) electrons. The predicted octanol–water partition coefficient (Wildman–Crippen LogP) is 3.47. The van der Waals surface area contributed by atoms with Crippen molar-refractivity contribution in [3.8, 4) is 11.4 Å². The first kappa shape index (κ1) is 59.3. The van der Waals surface area contributed by atoms with Crippen LogP contribution in [0.25, 0.3) is 22.3 Å². The Bertz CT molecular complexity index is 2910. The van der Waals surface area contributed by atoms with Gasteiger partial charge in [-0.25, -0.2) is 19.0 Å². The largest absolute Gasteiger partial charge is 0.458 e. The van der Waals surface area contributed by atoms with Crippen molar-refractivity contribution in [3.63, 3.8) is 0 Å². The Labute approximate surface area is 458 Å². The SMILES string of the molecule is CC[C@@]1(O)C(=O)OCc2c1cc1n(c2=O)Cc2c-1nc1cc(F)c(C)c3c1c2[C@@H](NC(=O)OCc1ccc(NC(=O)C(CCCCN)NC(=O)[C@H](C)NC(=O)CCOCCOCCOCCOCCNC(=O)CBr)cc1)CC3. The molecule has 0 fully saturated rings. The van der Waals surface area contributed by atoms with Gasteiger partial charge in [0.2, 0.25) is 23.6 Å². The number of halogens is 2. The molecule has 4 heterocycles. The molecule has 0 spiro atoms. The van der Waals surface area contributed by atoms with Crippen LogP contribution < -0.4 is 37.9 Å². The summed E-state index contributed by atoms with van der Waals surface area (Å²) >= 11 is 3.07. The molecule has 0 saturated heterocycles. The molecule has 4 atom stereocenters. The Morgan fingerprint density at radius 3 is 2.29 bits per heavy atom. The molecule has 7 rings (SSSR count). The number of unbranched alkanes of at least 4 members (excludes halogenated alkanes) is 1. The first-order valence-electron chi connectivity index (χ1n) is 26.2. The molecule has 22 nitrogen and oxygen atoms in total. The van der Waals surface area contributed by atoms with Crippen LogP contribution in [-0.2, 0) is 84.2 Å². The topological polar surface area (TPSA) is 299 Å². The molecule has 1 unspecified atom stereocenters. The zero-order valence-electron chi connectivity index (χ0n) is 44.0. The Kier molecular flexibility index (Phi) is 21.2. The minimum absolute atomic E-state index is 0.00113. The van der Waals surface area contributed by atoms with Crippen molar-refractivity contribution in [1.82, 2.24) is 30.8 Å². The van der Waals surface area contributed by atoms with Gasteiger partial charge >= 0.3 is 12.1 Å². The zero-order chi connectivity index (χ0) is 55.9. The lowest BCUT2D eigenvalue weighted by atomic mass is 9.81. The van der Waals surface area contributed by atoms with Gasteiger partial charge in [-0.1, -0.05) is 35.0 Å². The second-order valence-corrected chi connectivity index (χ2v) is 19.7. The highest BCUT2D eigenvalue weighted by molar-refractivity contribution is 9.09. The lowest BCUT2D eigenvalue weighted by Crippen LogP contribution is -2.51. The Morgan fingerprint density at radius 1 is 0.923 bits per heavy atom. The van der Waals surface area contributed by atoms with E-state index in [4.69, 9.17) is 39.1 Å². The van der Waals surface area contributed by atoms with Gasteiger partial charge in [0.25, 0.3) is 5.56 Å². The zero-order valence-corrected chi connectivity index (χ0v) is 45.6. The smallest absolute Gasteiger partial charge is 0.407 e. The van der Waals surface area contributed by atoms with Crippen molar-refractivity contribution >= 4 is 68.2 Å². The van der Waals surface area contributed by atoms with E-state index in [-0.39, 0.29) is 74.6 Å². The van der Waals surface area contributed by atoms with Crippen LogP contribution in [-0.4, -0.2) is 134 Å². The fourth-order valence-electron chi connectivity index (χ4n) is 9.62. The fraction of sp³-hybridized carbons (Fsp3) is 0.519. The number of nitrogens with one attached hydrogen (secondary N) is 5. The monoisotopic (exact) mass is 1150 g/mol. The number of aryl methyl sites for hydroxylation is 1. The van der Waals surface area contributed by atoms with Crippen LogP contribution in [0.1, 0.15) is 97.4 Å². The van der Waals surface area contributed by atoms with E-state index in [0.717, 1.165) is 5.56 Å². The average molecular weight is 1150 g/mol. The van der Waals surface area contributed by atoms with Gasteiger partial charge in [0.1, 0.15) is 31.1 Å². The van der Waals surface area contributed by atoms with Crippen LogP contribution in [0.5, 0.6) is 0 Å². The first-order valence-corrected chi connectivity index (χ1v) is 27.3. The molecule has 0 bridgehead atoms. The number of aliphatic hydroxyl groups is 1. The minimum atomic E-state index is -2.03. The molecule has 2 aromatic carbocycles. The third kappa shape index (κ3) is 14.4. The molecular weight excluding hydrogens is 1080 g/mol. The molecule has 2 aromatic heterocycles. The van der Waals surface area contributed by atoms with Gasteiger partial charge < -0.3 is 70.4 Å². The third-order valence-corrected chi connectivity index (χ3v) is 14.4. The summed E-state index contributed by atoms with van der Waals surface area (Å²) in [6, 6.07) is 7.03. The number of carbonyl (C=O) groups is 6. The number of amides is 5. The lowest BCUT2D eigenvalue weighted by molar-refractivity contribution is -0.172. The number of fused-ring (bicyclic) bond motifs is 5. The highest BCUT2D eigenvalue weighted by Gasteiger charge is 2.46. The maximum absolute atomic E-state index is 15.4. The van der Waals surface area contributed by atoms with Crippen LogP contribution in [0.3, 0.4) is 0 Å². The summed E-state index contributed by atoms with van der Waals surface area (Å²) in [6.45, 7) is 7.82. The number of benzene rings is 2. The van der Waals surface area contributed by atoms with Crippen molar-refractivity contribution in [3.05, 3.63) is 91.5 Å². The normalized spacial score (nSPS) is 16.8. The van der Waals surface area contributed by atoms with Crippen molar-refractivity contribution < 1.29 is 66.7 Å². The van der Waals surface area contributed by atoms with Gasteiger partial charge in [-0.3, -0.25) is 24.0 Å². The number of rotatable bonds is 29. The van der Waals surface area contributed by atoms with Crippen molar-refractivity contribution in [2.75, 3.05) is 76.6 Å². The summed E-state index contributed by atoms with van der Waals surface area (Å²) in [5.74, 6) is -2.85. The number of nitrogens with two attached hydrogens (primary N) is 1. The molecule has 3 aliphatic rings. The molecule has 4 aromatic rings. The van der Waals surface area contributed by atoms with Gasteiger partial charge in [0, 0.05) is 41.2 Å². The minimum Gasteiger partial charge on any atom is -0.458 e. The number of hydrogen-bond donors (Lipinski definition) is 7. The quantitative estimate of drug-likeness (QED) is 0.0205. The number of hydrogen-bond acceptors (Lipinski definition) is 16. The number of esters is 1. The molecule has 422 valence electrons. The van der Waals surface area contributed by atoms with Crippen LogP contribution in [0.15, 0.2) is 41.2 Å². The summed E-state index contributed by atoms with van der Waals surface area (Å²) in [6.07, 6.45) is 1.52. The maximum Gasteiger partial charge on any atom is 0.407 e. The third-order valence-electron chi connectivity index (χ3n) is 13.9. The molecule has 8 N–H and O–H groups in total. The number of ether oxygens (including phenoxy) is 6. The standard InChI is InChI=1S/C54H68BrFN8O14/c1-4-54(72)38-25-43-48-36(28-64(43)51(69)37(38)30-77-52(54)70)47-40(13-12-35-31(2)39(56)26-42(61-48)46(35)47)63-53(71)78-29-33-8-10-34(11-9-33)60-50(68)41(7-5-6-15-57)62-49(67)32(3)59-44(65)14-17-73-19-21-75-23-24-76-22-20-74-18-16-58-45(66)27-55/h8-11,25-26,32,40-41,72H,4-7,12-24,27-30,57H2,1-3H3,(H,58,66)(H,59,65)(H,60,68)(H,62,67)(H,63,71)/t32-,40-,41?,54-/m0/s1. The maximum atomic E-state index is 15.4. The van der Waals surface area contributed by atoms with E-state index in [2.05, 4.69) is 42.5 Å². The molecule has 78 heavy (non-hydrogen) atoms. The molecule has 1 aliphatic carbocycles. The lowest BCUT2D eigenvalue weighted by Gasteiger charge is -2.31. The van der Waals surface area contributed by atoms with Gasteiger partial charge in [-0.15, -0.1) is 0 Å². The van der Waals surface area contributed by atoms with Gasteiger partial charge in [0.15, 0.2) is 5.60 Å². The predicted molar refractivity (Wildman–Crippen MR) is 286 cm³/mol. The van der Waals surface area contributed by atoms with Crippen molar-refractivity contribution in [2.24, 2.45) is 5.73 Å². The second kappa shape index (κ2) is 28.0. The summed E-state index contributed by atoms with van der Waals surface area (Å²) < 4.78 is 49.6. The number of pyridine rings is 2. The van der Waals surface area contributed by atoms with E-state index in [1.165, 1.54) is 17.6 Å².